The van der Waals surface area contributed by atoms with E-state index in [9.17, 15) is 8.42 Å². The molecule has 6 heteroatoms. The van der Waals surface area contributed by atoms with E-state index in [4.69, 9.17) is 11.6 Å². The molecule has 0 aliphatic rings. The van der Waals surface area contributed by atoms with Gasteiger partial charge in [-0.3, -0.25) is 0 Å². The van der Waals surface area contributed by atoms with Crippen molar-refractivity contribution in [1.29, 1.82) is 0 Å². The zero-order valence-electron chi connectivity index (χ0n) is 11.7. The van der Waals surface area contributed by atoms with Crippen LogP contribution in [0.1, 0.15) is 11.1 Å². The number of nitrogens with zero attached hydrogens (tertiary/aromatic N) is 1. The van der Waals surface area contributed by atoms with Crippen molar-refractivity contribution in [1.82, 2.24) is 4.83 Å². The van der Waals surface area contributed by atoms with E-state index in [2.05, 4.69) is 16.5 Å². The first-order valence-electron chi connectivity index (χ1n) is 6.54. The second kappa shape index (κ2) is 7.24. The van der Waals surface area contributed by atoms with Crippen molar-refractivity contribution in [3.63, 3.8) is 0 Å². The maximum absolute atomic E-state index is 12.4. The summed E-state index contributed by atoms with van der Waals surface area (Å²) >= 11 is 6.01. The first-order chi connectivity index (χ1) is 10.5. The Morgan fingerprint density at radius 2 is 1.77 bits per heavy atom. The van der Waals surface area contributed by atoms with Crippen molar-refractivity contribution >= 4 is 26.8 Å². The summed E-state index contributed by atoms with van der Waals surface area (Å²) in [6.45, 7) is 3.63. The average Bonchev–Trinajstić information content (AvgIpc) is 2.54. The number of halogens is 1. The van der Waals surface area contributed by atoms with Crippen LogP contribution in [0.4, 0.5) is 0 Å². The largest absolute Gasteiger partial charge is 0.276 e. The standard InChI is InChI=1S/C16H15ClN2O2S/c1-2-8-13-9-6-7-12-15(13)22(20,21)19-18-16(17)14-10-4-3-5-11-14/h2-7,9-12,19H,1,8H2. The zero-order chi connectivity index (χ0) is 16.0. The first-order valence-corrected chi connectivity index (χ1v) is 8.40. The molecular weight excluding hydrogens is 320 g/mol. The fraction of sp³-hybridized carbons (Fsp3) is 0.0625. The molecule has 2 aromatic carbocycles. The summed E-state index contributed by atoms with van der Waals surface area (Å²) in [5.41, 5.74) is 1.28. The van der Waals surface area contributed by atoms with Crippen LogP contribution in [-0.2, 0) is 16.4 Å². The highest BCUT2D eigenvalue weighted by Crippen LogP contribution is 2.16. The van der Waals surface area contributed by atoms with E-state index in [1.165, 1.54) is 6.07 Å². The fourth-order valence-corrected chi connectivity index (χ4v) is 3.16. The monoisotopic (exact) mass is 334 g/mol. The fourth-order valence-electron chi connectivity index (χ4n) is 1.88. The van der Waals surface area contributed by atoms with Gasteiger partial charge in [-0.15, -0.1) is 6.58 Å². The zero-order valence-corrected chi connectivity index (χ0v) is 13.3. The van der Waals surface area contributed by atoms with E-state index in [0.717, 1.165) is 0 Å². The van der Waals surface area contributed by atoms with Gasteiger partial charge in [0.15, 0.2) is 5.17 Å². The van der Waals surface area contributed by atoms with Crippen LogP contribution in [0.3, 0.4) is 0 Å². The predicted octanol–water partition coefficient (Wildman–Crippen LogP) is 3.29. The minimum Gasteiger partial charge on any atom is -0.200 e. The van der Waals surface area contributed by atoms with Crippen LogP contribution >= 0.6 is 11.6 Å². The lowest BCUT2D eigenvalue weighted by Gasteiger charge is -2.08. The summed E-state index contributed by atoms with van der Waals surface area (Å²) in [6, 6.07) is 15.6. The summed E-state index contributed by atoms with van der Waals surface area (Å²) in [7, 11) is -3.79. The quantitative estimate of drug-likeness (QED) is 0.500. The third kappa shape index (κ3) is 3.96. The molecule has 0 fully saturated rings. The van der Waals surface area contributed by atoms with E-state index in [1.54, 1.807) is 48.5 Å². The molecule has 0 saturated carbocycles. The van der Waals surface area contributed by atoms with Crippen molar-refractivity contribution in [2.45, 2.75) is 11.3 Å². The lowest BCUT2D eigenvalue weighted by Crippen LogP contribution is -2.20. The molecule has 0 aromatic heterocycles. The number of allylic oxidation sites excluding steroid dienone is 1. The minimum absolute atomic E-state index is 0.0744. The Morgan fingerprint density at radius 3 is 2.45 bits per heavy atom. The molecule has 2 aromatic rings. The molecule has 0 spiro atoms. The van der Waals surface area contributed by atoms with E-state index >= 15 is 0 Å². The molecular formula is C16H15ClN2O2S. The van der Waals surface area contributed by atoms with Gasteiger partial charge in [0.05, 0.1) is 4.90 Å². The number of sulfonamides is 1. The van der Waals surface area contributed by atoms with E-state index in [1.807, 2.05) is 6.07 Å². The van der Waals surface area contributed by atoms with Gasteiger partial charge in [-0.2, -0.15) is 18.4 Å². The third-order valence-electron chi connectivity index (χ3n) is 2.90. The summed E-state index contributed by atoms with van der Waals surface area (Å²) in [6.07, 6.45) is 2.10. The second-order valence-electron chi connectivity index (χ2n) is 4.46. The lowest BCUT2D eigenvalue weighted by atomic mass is 10.1. The van der Waals surface area contributed by atoms with Gasteiger partial charge in [0.1, 0.15) is 0 Å². The molecule has 0 aliphatic heterocycles. The highest BCUT2D eigenvalue weighted by atomic mass is 35.5. The second-order valence-corrected chi connectivity index (χ2v) is 6.45. The third-order valence-corrected chi connectivity index (χ3v) is 4.51. The predicted molar refractivity (Wildman–Crippen MR) is 89.5 cm³/mol. The van der Waals surface area contributed by atoms with Crippen molar-refractivity contribution in [2.24, 2.45) is 5.10 Å². The minimum atomic E-state index is -3.79. The maximum atomic E-state index is 12.4. The van der Waals surface area contributed by atoms with Crippen LogP contribution in [0, 0.1) is 0 Å². The Balaban J connectivity index is 2.27. The lowest BCUT2D eigenvalue weighted by molar-refractivity contribution is 0.583. The van der Waals surface area contributed by atoms with Gasteiger partial charge in [0.25, 0.3) is 10.0 Å². The Morgan fingerprint density at radius 1 is 1.14 bits per heavy atom. The van der Waals surface area contributed by atoms with Crippen molar-refractivity contribution in [2.75, 3.05) is 0 Å². The summed E-state index contributed by atoms with van der Waals surface area (Å²) in [4.78, 5) is 2.33. The number of benzene rings is 2. The van der Waals surface area contributed by atoms with Gasteiger partial charge in [-0.25, -0.2) is 0 Å². The van der Waals surface area contributed by atoms with Gasteiger partial charge in [0.2, 0.25) is 0 Å². The Labute approximate surface area is 135 Å². The molecule has 0 radical (unpaired) electrons. The van der Waals surface area contributed by atoms with E-state index in [-0.39, 0.29) is 10.1 Å². The van der Waals surface area contributed by atoms with Crippen LogP contribution in [0.15, 0.2) is 77.2 Å². The molecule has 2 rings (SSSR count). The summed E-state index contributed by atoms with van der Waals surface area (Å²) < 4.78 is 24.7. The molecule has 0 heterocycles. The normalized spacial score (nSPS) is 12.0. The Bertz CT molecular complexity index is 787. The van der Waals surface area contributed by atoms with Crippen molar-refractivity contribution in [3.8, 4) is 0 Å². The molecule has 1 N–H and O–H groups in total. The smallest absolute Gasteiger partial charge is 0.200 e. The van der Waals surface area contributed by atoms with Gasteiger partial charge in [-0.1, -0.05) is 66.2 Å². The van der Waals surface area contributed by atoms with Crippen LogP contribution in [0.5, 0.6) is 0 Å². The van der Waals surface area contributed by atoms with Gasteiger partial charge in [0, 0.05) is 5.56 Å². The molecule has 114 valence electrons. The Hall–Kier alpha value is -2.11. The number of rotatable bonds is 6. The van der Waals surface area contributed by atoms with Gasteiger partial charge in [-0.05, 0) is 18.1 Å². The molecule has 22 heavy (non-hydrogen) atoms. The van der Waals surface area contributed by atoms with Crippen LogP contribution < -0.4 is 4.83 Å². The SMILES string of the molecule is C=CCc1ccccc1S(=O)(=O)NN=C(Cl)c1ccccc1. The van der Waals surface area contributed by atoms with E-state index < -0.39 is 10.0 Å². The molecule has 0 bridgehead atoms. The number of hydrazone groups is 1. The summed E-state index contributed by atoms with van der Waals surface area (Å²) in [5, 5.41) is 3.84. The number of nitrogens with one attached hydrogen (secondary N) is 1. The number of hydrogen-bond donors (Lipinski definition) is 1. The molecule has 4 nitrogen and oxygen atoms in total. The molecule has 0 unspecified atom stereocenters. The highest BCUT2D eigenvalue weighted by Gasteiger charge is 2.17. The van der Waals surface area contributed by atoms with Crippen LogP contribution in [0.2, 0.25) is 0 Å². The molecule has 0 atom stereocenters. The number of hydrogen-bond acceptors (Lipinski definition) is 3. The average molecular weight is 335 g/mol. The highest BCUT2D eigenvalue weighted by molar-refractivity contribution is 7.89. The molecule has 0 aliphatic carbocycles. The molecule has 0 amide bonds. The summed E-state index contributed by atoms with van der Waals surface area (Å²) in [5.74, 6) is 0. The van der Waals surface area contributed by atoms with Crippen molar-refractivity contribution < 1.29 is 8.42 Å². The van der Waals surface area contributed by atoms with E-state index in [0.29, 0.717) is 17.5 Å². The first kappa shape index (κ1) is 16.3. The van der Waals surface area contributed by atoms with Crippen LogP contribution in [-0.4, -0.2) is 13.6 Å². The van der Waals surface area contributed by atoms with Gasteiger partial charge < -0.3 is 0 Å². The van der Waals surface area contributed by atoms with Crippen LogP contribution in [0.25, 0.3) is 0 Å². The van der Waals surface area contributed by atoms with Crippen molar-refractivity contribution in [3.05, 3.63) is 78.4 Å². The topological polar surface area (TPSA) is 58.5 Å². The molecule has 0 saturated heterocycles. The maximum Gasteiger partial charge on any atom is 0.276 e. The van der Waals surface area contributed by atoms with Gasteiger partial charge >= 0.3 is 0 Å². The Kier molecular flexibility index (Phi) is 5.35.